The van der Waals surface area contributed by atoms with E-state index in [-0.39, 0.29) is 23.4 Å². The number of benzene rings is 3. The summed E-state index contributed by atoms with van der Waals surface area (Å²) >= 11 is 6.69. The van der Waals surface area contributed by atoms with Crippen LogP contribution in [0.4, 0.5) is 0 Å². The van der Waals surface area contributed by atoms with Gasteiger partial charge in [0.15, 0.2) is 5.58 Å². The van der Waals surface area contributed by atoms with E-state index in [2.05, 4.69) is 53.7 Å². The van der Waals surface area contributed by atoms with Crippen molar-refractivity contribution in [3.05, 3.63) is 81.4 Å². The van der Waals surface area contributed by atoms with Crippen LogP contribution in [0.25, 0.3) is 22.6 Å². The third-order valence-electron chi connectivity index (χ3n) is 8.69. The van der Waals surface area contributed by atoms with E-state index in [1.165, 1.54) is 0 Å². The molecule has 1 aliphatic heterocycles. The van der Waals surface area contributed by atoms with E-state index in [0.29, 0.717) is 46.2 Å². The zero-order chi connectivity index (χ0) is 30.2. The minimum Gasteiger partial charge on any atom is -0.471 e. The second-order valence-electron chi connectivity index (χ2n) is 13.7. The van der Waals surface area contributed by atoms with Crippen molar-refractivity contribution in [2.45, 2.75) is 83.8 Å². The number of hydrogen-bond acceptors (Lipinski definition) is 6. The molecule has 3 aromatic carbocycles. The Labute approximate surface area is 252 Å². The fraction of sp³-hybridized carbons (Fsp3) is 0.429. The normalized spacial score (nSPS) is 21.7. The number of carbonyl (C=O) groups is 1. The SMILES string of the molecule is CCOC(=O)[C@]12Oc3c(cc(Cl)cc3-c3nc4cc(C(C)(C)C)cc(C(C)(C)C)c4o3)C[C@@H]1Cc1ccccc1[C@@H]2O. The molecule has 1 aromatic heterocycles. The van der Waals surface area contributed by atoms with Crippen LogP contribution in [0, 0.1) is 5.92 Å². The molecule has 6 nitrogen and oxygen atoms in total. The van der Waals surface area contributed by atoms with Crippen LogP contribution in [0.1, 0.15) is 82.4 Å². The molecule has 42 heavy (non-hydrogen) atoms. The zero-order valence-electron chi connectivity index (χ0n) is 25.3. The van der Waals surface area contributed by atoms with Gasteiger partial charge in [0.05, 0.1) is 12.2 Å². The maximum Gasteiger partial charge on any atom is 0.353 e. The molecule has 220 valence electrons. The van der Waals surface area contributed by atoms with Gasteiger partial charge in [-0.15, -0.1) is 0 Å². The van der Waals surface area contributed by atoms with Crippen molar-refractivity contribution in [1.82, 2.24) is 4.98 Å². The largest absolute Gasteiger partial charge is 0.471 e. The quantitative estimate of drug-likeness (QED) is 0.245. The second kappa shape index (κ2) is 9.85. The van der Waals surface area contributed by atoms with Crippen LogP contribution in [0.2, 0.25) is 5.02 Å². The predicted octanol–water partition coefficient (Wildman–Crippen LogP) is 7.89. The first kappa shape index (κ1) is 28.8. The highest BCUT2D eigenvalue weighted by Crippen LogP contribution is 2.53. The fourth-order valence-electron chi connectivity index (χ4n) is 6.44. The third kappa shape index (κ3) is 4.51. The smallest absolute Gasteiger partial charge is 0.353 e. The van der Waals surface area contributed by atoms with E-state index in [1.807, 2.05) is 30.3 Å². The van der Waals surface area contributed by atoms with Crippen LogP contribution < -0.4 is 4.74 Å². The Morgan fingerprint density at radius 1 is 1.05 bits per heavy atom. The first-order valence-corrected chi connectivity index (χ1v) is 15.0. The number of oxazole rings is 1. The van der Waals surface area contributed by atoms with Crippen LogP contribution in [0.5, 0.6) is 5.75 Å². The molecule has 6 rings (SSSR count). The van der Waals surface area contributed by atoms with Crippen molar-refractivity contribution in [3.63, 3.8) is 0 Å². The average Bonchev–Trinajstić information content (AvgIpc) is 3.34. The van der Waals surface area contributed by atoms with Gasteiger partial charge in [0, 0.05) is 16.5 Å². The monoisotopic (exact) mass is 587 g/mol. The van der Waals surface area contributed by atoms with Crippen LogP contribution in [-0.2, 0) is 33.2 Å². The van der Waals surface area contributed by atoms with Crippen LogP contribution >= 0.6 is 11.6 Å². The average molecular weight is 588 g/mol. The van der Waals surface area contributed by atoms with Crippen molar-refractivity contribution >= 4 is 28.7 Å². The Morgan fingerprint density at radius 2 is 1.76 bits per heavy atom. The fourth-order valence-corrected chi connectivity index (χ4v) is 6.68. The Balaban J connectivity index is 1.56. The molecule has 0 radical (unpaired) electrons. The summed E-state index contributed by atoms with van der Waals surface area (Å²) in [6, 6.07) is 15.5. The molecule has 2 heterocycles. The summed E-state index contributed by atoms with van der Waals surface area (Å²) in [6.07, 6.45) is -0.191. The lowest BCUT2D eigenvalue weighted by Crippen LogP contribution is -2.61. The Bertz CT molecular complexity index is 1710. The Hall–Kier alpha value is -3.35. The van der Waals surface area contributed by atoms with Gasteiger partial charge >= 0.3 is 5.97 Å². The van der Waals surface area contributed by atoms with Crippen molar-refractivity contribution in [3.8, 4) is 17.2 Å². The molecule has 0 saturated carbocycles. The highest BCUT2D eigenvalue weighted by atomic mass is 35.5. The molecule has 2 aliphatic rings. The number of halogens is 1. The van der Waals surface area contributed by atoms with Gasteiger partial charge in [0.2, 0.25) is 11.5 Å². The molecular weight excluding hydrogens is 550 g/mol. The summed E-state index contributed by atoms with van der Waals surface area (Å²) in [4.78, 5) is 18.7. The second-order valence-corrected chi connectivity index (χ2v) is 14.1. The molecular formula is C35H38ClNO5. The maximum atomic E-state index is 13.8. The first-order chi connectivity index (χ1) is 19.7. The number of aliphatic hydroxyl groups excluding tert-OH is 1. The topological polar surface area (TPSA) is 81.8 Å². The number of aromatic nitrogens is 1. The standard InChI is InChI=1S/C35H38ClNO5/c1-8-40-32(39)35-22(13-19-11-9-10-12-24(19)30(35)38)14-20-15-23(36)18-25(28(20)42-35)31-37-27-17-21(33(2,3)4)16-26(29(27)41-31)34(5,6)7/h9-12,15-18,22,30,38H,8,13-14H2,1-7H3/t22-,30-,35-/m0/s1. The van der Waals surface area contributed by atoms with Gasteiger partial charge in [-0.05, 0) is 71.0 Å². The number of rotatable bonds is 3. The summed E-state index contributed by atoms with van der Waals surface area (Å²) in [5, 5.41) is 12.3. The summed E-state index contributed by atoms with van der Waals surface area (Å²) in [6.45, 7) is 14.9. The molecule has 1 aliphatic carbocycles. The molecule has 3 atom stereocenters. The van der Waals surface area contributed by atoms with E-state index < -0.39 is 17.7 Å². The van der Waals surface area contributed by atoms with Crippen molar-refractivity contribution in [1.29, 1.82) is 0 Å². The maximum absolute atomic E-state index is 13.8. The van der Waals surface area contributed by atoms with Crippen molar-refractivity contribution in [2.75, 3.05) is 6.61 Å². The van der Waals surface area contributed by atoms with Crippen molar-refractivity contribution < 1.29 is 23.8 Å². The highest BCUT2D eigenvalue weighted by molar-refractivity contribution is 6.31. The van der Waals surface area contributed by atoms with Gasteiger partial charge in [-0.2, -0.15) is 0 Å². The zero-order valence-corrected chi connectivity index (χ0v) is 26.1. The molecule has 0 spiro atoms. The molecule has 0 unspecified atom stereocenters. The van der Waals surface area contributed by atoms with Crippen LogP contribution in [-0.4, -0.2) is 28.3 Å². The molecule has 7 heteroatoms. The summed E-state index contributed by atoms with van der Waals surface area (Å²) < 4.78 is 18.8. The lowest BCUT2D eigenvalue weighted by Gasteiger charge is -2.48. The Kier molecular flexibility index (Phi) is 6.74. The van der Waals surface area contributed by atoms with Gasteiger partial charge < -0.3 is 19.0 Å². The van der Waals surface area contributed by atoms with Gasteiger partial charge in [0.25, 0.3) is 0 Å². The lowest BCUT2D eigenvalue weighted by molar-refractivity contribution is -0.187. The minimum atomic E-state index is -1.62. The lowest BCUT2D eigenvalue weighted by atomic mass is 9.66. The van der Waals surface area contributed by atoms with Crippen LogP contribution in [0.3, 0.4) is 0 Å². The number of esters is 1. The van der Waals surface area contributed by atoms with Gasteiger partial charge in [-0.25, -0.2) is 9.78 Å². The summed E-state index contributed by atoms with van der Waals surface area (Å²) in [5.74, 6) is -0.151. The number of fused-ring (bicyclic) bond motifs is 4. The first-order valence-electron chi connectivity index (χ1n) is 14.6. The number of aliphatic hydroxyl groups is 1. The molecule has 4 aromatic rings. The van der Waals surface area contributed by atoms with E-state index in [0.717, 1.165) is 27.8 Å². The minimum absolute atomic E-state index is 0.0833. The highest BCUT2D eigenvalue weighted by Gasteiger charge is 2.60. The number of ether oxygens (including phenoxy) is 2. The molecule has 0 amide bonds. The van der Waals surface area contributed by atoms with E-state index in [9.17, 15) is 9.90 Å². The number of carbonyl (C=O) groups excluding carboxylic acids is 1. The molecule has 0 bridgehead atoms. The molecule has 0 saturated heterocycles. The molecule has 1 N–H and O–H groups in total. The van der Waals surface area contributed by atoms with E-state index in [4.69, 9.17) is 30.5 Å². The van der Waals surface area contributed by atoms with E-state index in [1.54, 1.807) is 13.0 Å². The van der Waals surface area contributed by atoms with Gasteiger partial charge in [0.1, 0.15) is 17.4 Å². The summed E-state index contributed by atoms with van der Waals surface area (Å²) in [7, 11) is 0. The predicted molar refractivity (Wildman–Crippen MR) is 164 cm³/mol. The van der Waals surface area contributed by atoms with Gasteiger partial charge in [-0.3, -0.25) is 0 Å². The number of hydrogen-bond donors (Lipinski definition) is 1. The molecule has 0 fully saturated rings. The number of nitrogens with zero attached hydrogens (tertiary/aromatic N) is 1. The Morgan fingerprint density at radius 3 is 2.45 bits per heavy atom. The van der Waals surface area contributed by atoms with E-state index >= 15 is 0 Å². The van der Waals surface area contributed by atoms with Crippen molar-refractivity contribution in [2.24, 2.45) is 5.92 Å². The summed E-state index contributed by atoms with van der Waals surface area (Å²) in [5.41, 5.74) is 4.82. The third-order valence-corrected chi connectivity index (χ3v) is 8.90. The van der Waals surface area contributed by atoms with Gasteiger partial charge in [-0.1, -0.05) is 83.5 Å². The van der Waals surface area contributed by atoms with Crippen LogP contribution in [0.15, 0.2) is 52.9 Å².